The number of rotatable bonds is 2. The summed E-state index contributed by atoms with van der Waals surface area (Å²) in [6.45, 7) is 7.11. The van der Waals surface area contributed by atoms with Crippen molar-refractivity contribution in [3.63, 3.8) is 0 Å². The SMILES string of the molecule is CC(C)c1cccc2c1CCOC2C1=NCCN1. The van der Waals surface area contributed by atoms with Crippen LogP contribution in [0.25, 0.3) is 0 Å². The molecule has 96 valence electrons. The average Bonchev–Trinajstić information content (AvgIpc) is 2.91. The van der Waals surface area contributed by atoms with Crippen molar-refractivity contribution in [2.24, 2.45) is 4.99 Å². The minimum absolute atomic E-state index is 0.0231. The standard InChI is InChI=1S/C15H20N2O/c1-10(2)11-4-3-5-13-12(11)6-9-18-14(13)15-16-7-8-17-15/h3-5,10,14H,6-9H2,1-2H3,(H,16,17). The second kappa shape index (κ2) is 4.73. The summed E-state index contributed by atoms with van der Waals surface area (Å²) in [6.07, 6.45) is 1.04. The predicted molar refractivity (Wildman–Crippen MR) is 73.2 cm³/mol. The van der Waals surface area contributed by atoms with Gasteiger partial charge in [-0.3, -0.25) is 4.99 Å². The van der Waals surface area contributed by atoms with Crippen LogP contribution in [0.4, 0.5) is 0 Å². The molecule has 3 heteroatoms. The van der Waals surface area contributed by atoms with Crippen molar-refractivity contribution in [1.29, 1.82) is 0 Å². The fraction of sp³-hybridized carbons (Fsp3) is 0.533. The summed E-state index contributed by atoms with van der Waals surface area (Å²) in [5.74, 6) is 1.58. The van der Waals surface area contributed by atoms with Crippen LogP contribution in [0.15, 0.2) is 23.2 Å². The molecule has 0 aromatic heterocycles. The number of fused-ring (bicyclic) bond motifs is 1. The van der Waals surface area contributed by atoms with E-state index in [0.29, 0.717) is 5.92 Å². The Bertz CT molecular complexity index is 479. The summed E-state index contributed by atoms with van der Waals surface area (Å²) in [4.78, 5) is 4.51. The van der Waals surface area contributed by atoms with Crippen molar-refractivity contribution < 1.29 is 4.74 Å². The topological polar surface area (TPSA) is 33.6 Å². The number of amidine groups is 1. The van der Waals surface area contributed by atoms with E-state index in [1.807, 2.05) is 0 Å². The van der Waals surface area contributed by atoms with Crippen molar-refractivity contribution in [3.05, 3.63) is 34.9 Å². The van der Waals surface area contributed by atoms with Gasteiger partial charge in [-0.15, -0.1) is 0 Å². The summed E-state index contributed by atoms with van der Waals surface area (Å²) < 4.78 is 5.93. The maximum atomic E-state index is 5.93. The van der Waals surface area contributed by atoms with E-state index in [-0.39, 0.29) is 6.10 Å². The van der Waals surface area contributed by atoms with Crippen LogP contribution >= 0.6 is 0 Å². The quantitative estimate of drug-likeness (QED) is 0.867. The minimum Gasteiger partial charge on any atom is -0.369 e. The molecule has 1 N–H and O–H groups in total. The van der Waals surface area contributed by atoms with Crippen LogP contribution in [0.1, 0.15) is 42.6 Å². The van der Waals surface area contributed by atoms with E-state index in [1.54, 1.807) is 0 Å². The minimum atomic E-state index is 0.0231. The Balaban J connectivity index is 2.03. The summed E-state index contributed by atoms with van der Waals surface area (Å²) in [5.41, 5.74) is 4.24. The molecule has 2 heterocycles. The molecule has 0 spiro atoms. The van der Waals surface area contributed by atoms with Gasteiger partial charge in [0.1, 0.15) is 11.9 Å². The van der Waals surface area contributed by atoms with Crippen molar-refractivity contribution in [2.45, 2.75) is 32.3 Å². The molecule has 18 heavy (non-hydrogen) atoms. The van der Waals surface area contributed by atoms with Gasteiger partial charge in [0.25, 0.3) is 0 Å². The fourth-order valence-corrected chi connectivity index (χ4v) is 2.89. The lowest BCUT2D eigenvalue weighted by molar-refractivity contribution is 0.0856. The van der Waals surface area contributed by atoms with E-state index in [1.165, 1.54) is 16.7 Å². The molecule has 2 aliphatic heterocycles. The second-order valence-corrected chi connectivity index (χ2v) is 5.26. The van der Waals surface area contributed by atoms with E-state index in [4.69, 9.17) is 4.74 Å². The molecule has 3 rings (SSSR count). The zero-order valence-corrected chi connectivity index (χ0v) is 11.1. The zero-order valence-electron chi connectivity index (χ0n) is 11.1. The molecule has 0 amide bonds. The van der Waals surface area contributed by atoms with E-state index in [9.17, 15) is 0 Å². The van der Waals surface area contributed by atoms with Gasteiger partial charge in [-0.05, 0) is 29.0 Å². The van der Waals surface area contributed by atoms with Crippen LogP contribution in [-0.4, -0.2) is 25.5 Å². The Kier molecular flexibility index (Phi) is 3.08. The first-order valence-electron chi connectivity index (χ1n) is 6.79. The highest BCUT2D eigenvalue weighted by molar-refractivity contribution is 5.89. The van der Waals surface area contributed by atoms with Gasteiger partial charge in [0, 0.05) is 6.54 Å². The number of ether oxygens (including phenoxy) is 1. The lowest BCUT2D eigenvalue weighted by Gasteiger charge is -2.28. The van der Waals surface area contributed by atoms with Crippen LogP contribution in [0, 0.1) is 0 Å². The molecular weight excluding hydrogens is 224 g/mol. The van der Waals surface area contributed by atoms with Crippen LogP contribution in [0.5, 0.6) is 0 Å². The molecule has 3 nitrogen and oxygen atoms in total. The van der Waals surface area contributed by atoms with Gasteiger partial charge in [-0.25, -0.2) is 0 Å². The van der Waals surface area contributed by atoms with E-state index >= 15 is 0 Å². The van der Waals surface area contributed by atoms with Gasteiger partial charge < -0.3 is 10.1 Å². The molecule has 0 saturated heterocycles. The summed E-state index contributed by atoms with van der Waals surface area (Å²) in [6, 6.07) is 6.58. The van der Waals surface area contributed by atoms with Crippen LogP contribution in [-0.2, 0) is 11.2 Å². The monoisotopic (exact) mass is 244 g/mol. The van der Waals surface area contributed by atoms with Crippen LogP contribution < -0.4 is 5.32 Å². The molecule has 0 fully saturated rings. The Morgan fingerprint density at radius 3 is 3.00 bits per heavy atom. The maximum Gasteiger partial charge on any atom is 0.140 e. The van der Waals surface area contributed by atoms with Gasteiger partial charge in [0.05, 0.1) is 13.2 Å². The number of nitrogens with one attached hydrogen (secondary N) is 1. The molecule has 0 aliphatic carbocycles. The zero-order chi connectivity index (χ0) is 12.5. The van der Waals surface area contributed by atoms with Crippen molar-refractivity contribution in [1.82, 2.24) is 5.32 Å². The molecular formula is C15H20N2O. The van der Waals surface area contributed by atoms with Gasteiger partial charge >= 0.3 is 0 Å². The van der Waals surface area contributed by atoms with Crippen LogP contribution in [0.2, 0.25) is 0 Å². The third kappa shape index (κ3) is 1.93. The van der Waals surface area contributed by atoms with Crippen molar-refractivity contribution >= 4 is 5.84 Å². The lowest BCUT2D eigenvalue weighted by Crippen LogP contribution is -2.31. The highest BCUT2D eigenvalue weighted by Crippen LogP contribution is 2.33. The predicted octanol–water partition coefficient (Wildman–Crippen LogP) is 2.43. The lowest BCUT2D eigenvalue weighted by atomic mass is 9.88. The highest BCUT2D eigenvalue weighted by Gasteiger charge is 2.28. The summed E-state index contributed by atoms with van der Waals surface area (Å²) >= 11 is 0. The number of aliphatic imine (C=N–C) groups is 1. The van der Waals surface area contributed by atoms with Gasteiger partial charge in [0.2, 0.25) is 0 Å². The third-order valence-electron chi connectivity index (χ3n) is 3.74. The number of benzene rings is 1. The molecule has 0 saturated carbocycles. The average molecular weight is 244 g/mol. The number of hydrogen-bond acceptors (Lipinski definition) is 3. The first kappa shape index (κ1) is 11.7. The fourth-order valence-electron chi connectivity index (χ4n) is 2.89. The Hall–Kier alpha value is -1.35. The van der Waals surface area contributed by atoms with Gasteiger partial charge in [-0.2, -0.15) is 0 Å². The van der Waals surface area contributed by atoms with E-state index in [0.717, 1.165) is 32.0 Å². The molecule has 1 aromatic rings. The summed E-state index contributed by atoms with van der Waals surface area (Å²) in [7, 11) is 0. The first-order valence-corrected chi connectivity index (χ1v) is 6.79. The molecule has 0 radical (unpaired) electrons. The van der Waals surface area contributed by atoms with Crippen molar-refractivity contribution in [2.75, 3.05) is 19.7 Å². The second-order valence-electron chi connectivity index (χ2n) is 5.26. The van der Waals surface area contributed by atoms with Gasteiger partial charge in [-0.1, -0.05) is 32.0 Å². The largest absolute Gasteiger partial charge is 0.369 e. The van der Waals surface area contributed by atoms with E-state index < -0.39 is 0 Å². The normalized spacial score (nSPS) is 22.6. The summed E-state index contributed by atoms with van der Waals surface area (Å²) in [5, 5.41) is 3.34. The Morgan fingerprint density at radius 2 is 2.28 bits per heavy atom. The Labute approximate surface area is 108 Å². The highest BCUT2D eigenvalue weighted by atomic mass is 16.5. The molecule has 1 unspecified atom stereocenters. The van der Waals surface area contributed by atoms with Gasteiger partial charge in [0.15, 0.2) is 0 Å². The molecule has 0 bridgehead atoms. The first-order chi connectivity index (χ1) is 8.77. The number of hydrogen-bond donors (Lipinski definition) is 1. The van der Waals surface area contributed by atoms with Crippen LogP contribution in [0.3, 0.4) is 0 Å². The molecule has 1 aromatic carbocycles. The number of nitrogens with zero attached hydrogens (tertiary/aromatic N) is 1. The van der Waals surface area contributed by atoms with E-state index in [2.05, 4.69) is 42.4 Å². The smallest absolute Gasteiger partial charge is 0.140 e. The molecule has 2 aliphatic rings. The third-order valence-corrected chi connectivity index (χ3v) is 3.74. The van der Waals surface area contributed by atoms with Crippen molar-refractivity contribution in [3.8, 4) is 0 Å². The molecule has 1 atom stereocenters. The maximum absolute atomic E-state index is 5.93. The Morgan fingerprint density at radius 1 is 1.39 bits per heavy atom.